The molecule has 1 aliphatic heterocycles. The maximum Gasteiger partial charge on any atom is 0.185 e. The summed E-state index contributed by atoms with van der Waals surface area (Å²) < 4.78 is 2.13. The van der Waals surface area contributed by atoms with Crippen molar-refractivity contribution < 1.29 is 0 Å². The van der Waals surface area contributed by atoms with Crippen LogP contribution in [0.5, 0.6) is 0 Å². The molecule has 0 bridgehead atoms. The molecule has 1 aliphatic rings. The molecule has 1 N–H and O–H groups in total. The van der Waals surface area contributed by atoms with E-state index >= 15 is 0 Å². The minimum atomic E-state index is 0.588. The van der Waals surface area contributed by atoms with Gasteiger partial charge in [-0.1, -0.05) is 6.92 Å². The fourth-order valence-corrected chi connectivity index (χ4v) is 3.93. The van der Waals surface area contributed by atoms with Crippen molar-refractivity contribution >= 4 is 16.5 Å². The third-order valence-corrected chi connectivity index (χ3v) is 5.36. The normalized spacial score (nSPS) is 17.6. The van der Waals surface area contributed by atoms with Gasteiger partial charge < -0.3 is 10.2 Å². The summed E-state index contributed by atoms with van der Waals surface area (Å²) in [6.07, 6.45) is 4.30. The van der Waals surface area contributed by atoms with E-state index in [1.807, 2.05) is 6.20 Å². The lowest BCUT2D eigenvalue weighted by molar-refractivity contribution is 0.355. The number of nitrogens with one attached hydrogen (secondary N) is 1. The van der Waals surface area contributed by atoms with Crippen molar-refractivity contribution in [2.45, 2.75) is 46.2 Å². The van der Waals surface area contributed by atoms with E-state index in [4.69, 9.17) is 0 Å². The first-order chi connectivity index (χ1) is 11.1. The molecule has 0 radical (unpaired) electrons. The molecule has 5 nitrogen and oxygen atoms in total. The lowest BCUT2D eigenvalue weighted by Crippen LogP contribution is -2.44. The molecular weight excluding hydrogens is 306 g/mol. The van der Waals surface area contributed by atoms with Crippen molar-refractivity contribution in [1.29, 1.82) is 0 Å². The highest BCUT2D eigenvalue weighted by atomic mass is 32.1. The molecule has 0 amide bonds. The van der Waals surface area contributed by atoms with E-state index in [9.17, 15) is 0 Å². The van der Waals surface area contributed by atoms with Crippen LogP contribution >= 0.6 is 11.3 Å². The largest absolute Gasteiger partial charge is 0.348 e. The maximum atomic E-state index is 4.56. The molecule has 0 spiro atoms. The second-order valence-corrected chi connectivity index (χ2v) is 7.57. The Morgan fingerprint density at radius 1 is 1.35 bits per heavy atom. The van der Waals surface area contributed by atoms with E-state index in [0.29, 0.717) is 12.0 Å². The predicted octanol–water partition coefficient (Wildman–Crippen LogP) is 2.85. The summed E-state index contributed by atoms with van der Waals surface area (Å²) in [5.41, 5.74) is 2.36. The molecular formula is C17H27N5S. The third kappa shape index (κ3) is 4.32. The lowest BCUT2D eigenvalue weighted by Gasteiger charge is -2.32. The molecule has 0 unspecified atom stereocenters. The summed E-state index contributed by atoms with van der Waals surface area (Å²) in [6, 6.07) is 2.78. The fourth-order valence-electron chi connectivity index (χ4n) is 3.23. The van der Waals surface area contributed by atoms with E-state index in [-0.39, 0.29) is 0 Å². The predicted molar refractivity (Wildman–Crippen MR) is 96.2 cm³/mol. The minimum Gasteiger partial charge on any atom is -0.348 e. The SMILES string of the molecule is Cc1cc(C)n(C[C@@H](C)CNC2CCN(c3nccs3)CC2)n1. The van der Waals surface area contributed by atoms with E-state index in [1.165, 1.54) is 23.7 Å². The Morgan fingerprint density at radius 2 is 2.13 bits per heavy atom. The highest BCUT2D eigenvalue weighted by Crippen LogP contribution is 2.22. The van der Waals surface area contributed by atoms with Gasteiger partial charge in [-0.05, 0) is 45.2 Å². The Labute approximate surface area is 142 Å². The average Bonchev–Trinajstić information content (AvgIpc) is 3.16. The topological polar surface area (TPSA) is 46.0 Å². The van der Waals surface area contributed by atoms with E-state index in [2.05, 4.69) is 57.2 Å². The van der Waals surface area contributed by atoms with Gasteiger partial charge in [-0.3, -0.25) is 4.68 Å². The van der Waals surface area contributed by atoms with E-state index < -0.39 is 0 Å². The third-order valence-electron chi connectivity index (χ3n) is 4.53. The Kier molecular flexibility index (Phi) is 5.33. The molecule has 0 aliphatic carbocycles. The number of anilines is 1. The summed E-state index contributed by atoms with van der Waals surface area (Å²) in [4.78, 5) is 6.82. The van der Waals surface area contributed by atoms with Gasteiger partial charge in [-0.15, -0.1) is 11.3 Å². The van der Waals surface area contributed by atoms with Gasteiger partial charge in [0.1, 0.15) is 0 Å². The molecule has 126 valence electrons. The monoisotopic (exact) mass is 333 g/mol. The van der Waals surface area contributed by atoms with Crippen LogP contribution in [0, 0.1) is 19.8 Å². The number of rotatable bonds is 6. The number of piperidine rings is 1. The second-order valence-electron chi connectivity index (χ2n) is 6.70. The zero-order valence-electron chi connectivity index (χ0n) is 14.3. The summed E-state index contributed by atoms with van der Waals surface area (Å²) in [5, 5.41) is 11.5. The van der Waals surface area contributed by atoms with Crippen LogP contribution < -0.4 is 10.2 Å². The van der Waals surface area contributed by atoms with Crippen LogP contribution in [0.15, 0.2) is 17.6 Å². The molecule has 3 rings (SSSR count). The van der Waals surface area contributed by atoms with Crippen molar-refractivity contribution in [3.63, 3.8) is 0 Å². The maximum absolute atomic E-state index is 4.56. The molecule has 0 aromatic carbocycles. The van der Waals surface area contributed by atoms with Crippen molar-refractivity contribution in [1.82, 2.24) is 20.1 Å². The molecule has 1 atom stereocenters. The standard InChI is InChI=1S/C17H27N5S/c1-13(12-22-15(3)10-14(2)20-22)11-19-16-4-7-21(8-5-16)17-18-6-9-23-17/h6,9-10,13,16,19H,4-5,7-8,11-12H2,1-3H3/t13-/m0/s1. The summed E-state index contributed by atoms with van der Waals surface area (Å²) >= 11 is 1.74. The van der Waals surface area contributed by atoms with Gasteiger partial charge in [-0.2, -0.15) is 5.10 Å². The number of nitrogens with zero attached hydrogens (tertiary/aromatic N) is 4. The Balaban J connectivity index is 1.40. The fraction of sp³-hybridized carbons (Fsp3) is 0.647. The van der Waals surface area contributed by atoms with Crippen molar-refractivity contribution in [2.24, 2.45) is 5.92 Å². The van der Waals surface area contributed by atoms with Crippen LogP contribution in [0.1, 0.15) is 31.2 Å². The Morgan fingerprint density at radius 3 is 2.74 bits per heavy atom. The molecule has 23 heavy (non-hydrogen) atoms. The summed E-state index contributed by atoms with van der Waals surface area (Å²) in [7, 11) is 0. The van der Waals surface area contributed by atoms with Crippen molar-refractivity contribution in [2.75, 3.05) is 24.5 Å². The number of hydrogen-bond donors (Lipinski definition) is 1. The summed E-state index contributed by atoms with van der Waals surface area (Å²) in [5.74, 6) is 0.588. The molecule has 3 heterocycles. The van der Waals surface area contributed by atoms with Crippen molar-refractivity contribution in [3.8, 4) is 0 Å². The first-order valence-corrected chi connectivity index (χ1v) is 9.38. The molecule has 2 aromatic heterocycles. The van der Waals surface area contributed by atoms with Crippen LogP contribution in [0.2, 0.25) is 0 Å². The average molecular weight is 334 g/mol. The zero-order chi connectivity index (χ0) is 16.2. The zero-order valence-corrected chi connectivity index (χ0v) is 15.1. The quantitative estimate of drug-likeness (QED) is 0.883. The number of aromatic nitrogens is 3. The van der Waals surface area contributed by atoms with Gasteiger partial charge in [0.15, 0.2) is 5.13 Å². The first kappa shape index (κ1) is 16.5. The molecule has 6 heteroatoms. The Bertz CT molecular complexity index is 599. The molecule has 2 aromatic rings. The van der Waals surface area contributed by atoms with E-state index in [1.54, 1.807) is 11.3 Å². The van der Waals surface area contributed by atoms with Crippen molar-refractivity contribution in [3.05, 3.63) is 29.0 Å². The van der Waals surface area contributed by atoms with Gasteiger partial charge in [0.2, 0.25) is 0 Å². The lowest BCUT2D eigenvalue weighted by atomic mass is 10.0. The van der Waals surface area contributed by atoms with Crippen LogP contribution in [0.3, 0.4) is 0 Å². The molecule has 1 fully saturated rings. The van der Waals surface area contributed by atoms with Gasteiger partial charge >= 0.3 is 0 Å². The Hall–Kier alpha value is -1.40. The van der Waals surface area contributed by atoms with Crippen LogP contribution in [0.4, 0.5) is 5.13 Å². The first-order valence-electron chi connectivity index (χ1n) is 8.50. The molecule has 1 saturated heterocycles. The highest BCUT2D eigenvalue weighted by Gasteiger charge is 2.20. The van der Waals surface area contributed by atoms with Gasteiger partial charge in [0, 0.05) is 42.9 Å². The van der Waals surface area contributed by atoms with Gasteiger partial charge in [0.05, 0.1) is 5.69 Å². The summed E-state index contributed by atoms with van der Waals surface area (Å²) in [6.45, 7) is 10.8. The van der Waals surface area contributed by atoms with Gasteiger partial charge in [-0.25, -0.2) is 4.98 Å². The van der Waals surface area contributed by atoms with Crippen LogP contribution in [-0.4, -0.2) is 40.4 Å². The number of aryl methyl sites for hydroxylation is 2. The minimum absolute atomic E-state index is 0.588. The number of hydrogen-bond acceptors (Lipinski definition) is 5. The van der Waals surface area contributed by atoms with Gasteiger partial charge in [0.25, 0.3) is 0 Å². The van der Waals surface area contributed by atoms with Crippen LogP contribution in [-0.2, 0) is 6.54 Å². The number of thiazole rings is 1. The molecule has 0 saturated carbocycles. The van der Waals surface area contributed by atoms with Crippen LogP contribution in [0.25, 0.3) is 0 Å². The highest BCUT2D eigenvalue weighted by molar-refractivity contribution is 7.13. The second kappa shape index (κ2) is 7.45. The smallest absolute Gasteiger partial charge is 0.185 e. The van der Waals surface area contributed by atoms with E-state index in [0.717, 1.165) is 31.9 Å².